The van der Waals surface area contributed by atoms with Crippen molar-refractivity contribution in [2.45, 2.75) is 24.7 Å². The first-order valence-corrected chi connectivity index (χ1v) is 8.97. The smallest absolute Gasteiger partial charge is 0.287 e. The summed E-state index contributed by atoms with van der Waals surface area (Å²) in [6.45, 7) is 1.80. The van der Waals surface area contributed by atoms with Gasteiger partial charge in [-0.2, -0.15) is 0 Å². The molecule has 2 aromatic rings. The number of nitrogens with one attached hydrogen (secondary N) is 2. The maximum absolute atomic E-state index is 12.4. The molecule has 10 heteroatoms. The van der Waals surface area contributed by atoms with Gasteiger partial charge < -0.3 is 14.6 Å². The third-order valence-electron chi connectivity index (χ3n) is 3.41. The zero-order valence-electron chi connectivity index (χ0n) is 13.2. The van der Waals surface area contributed by atoms with Crippen LogP contribution in [0.5, 0.6) is 5.75 Å². The summed E-state index contributed by atoms with van der Waals surface area (Å²) in [5, 5.41) is 6.07. The van der Waals surface area contributed by atoms with Gasteiger partial charge in [0.25, 0.3) is 21.8 Å². The van der Waals surface area contributed by atoms with Crippen LogP contribution in [0.25, 0.3) is 0 Å². The van der Waals surface area contributed by atoms with Crippen LogP contribution in [-0.2, 0) is 21.2 Å². The predicted octanol–water partition coefficient (Wildman–Crippen LogP) is 1.08. The Morgan fingerprint density at radius 3 is 2.92 bits per heavy atom. The summed E-state index contributed by atoms with van der Waals surface area (Å²) in [7, 11) is -4.15. The van der Waals surface area contributed by atoms with Gasteiger partial charge in [0.2, 0.25) is 0 Å². The van der Waals surface area contributed by atoms with Crippen molar-refractivity contribution >= 4 is 27.5 Å². The molecule has 9 nitrogen and oxygen atoms in total. The highest BCUT2D eigenvalue weighted by Gasteiger charge is 2.24. The number of anilines is 1. The SMILES string of the molecule is CCCc1cc(C(=O)NS(=O)(=O)c2ccc3c(c2)NC(=O)CO3)no1. The summed E-state index contributed by atoms with van der Waals surface area (Å²) in [5.41, 5.74) is 0.0971. The average Bonchev–Trinajstić information content (AvgIpc) is 3.03. The minimum Gasteiger partial charge on any atom is -0.482 e. The van der Waals surface area contributed by atoms with Gasteiger partial charge in [-0.05, 0) is 24.6 Å². The number of sulfonamides is 1. The molecule has 0 unspecified atom stereocenters. The number of hydrogen-bond acceptors (Lipinski definition) is 7. The second-order valence-corrected chi connectivity index (χ2v) is 7.04. The second-order valence-electron chi connectivity index (χ2n) is 5.36. The Bertz CT molecular complexity index is 934. The lowest BCUT2D eigenvalue weighted by molar-refractivity contribution is -0.118. The first-order valence-electron chi connectivity index (χ1n) is 7.48. The number of nitrogens with zero attached hydrogens (tertiary/aromatic N) is 1. The first kappa shape index (κ1) is 17.0. The largest absolute Gasteiger partial charge is 0.482 e. The molecular weight excluding hydrogens is 350 g/mol. The van der Waals surface area contributed by atoms with Crippen LogP contribution in [0, 0.1) is 0 Å². The molecular formula is C15H15N3O6S. The highest BCUT2D eigenvalue weighted by atomic mass is 32.2. The van der Waals surface area contributed by atoms with Gasteiger partial charge in [0.1, 0.15) is 11.5 Å². The van der Waals surface area contributed by atoms with Crippen LogP contribution in [-0.4, -0.2) is 32.0 Å². The summed E-state index contributed by atoms with van der Waals surface area (Å²) in [5.74, 6) is -0.439. The maximum atomic E-state index is 12.4. The quantitative estimate of drug-likeness (QED) is 0.811. The zero-order chi connectivity index (χ0) is 18.0. The van der Waals surface area contributed by atoms with Crippen LogP contribution in [0.4, 0.5) is 5.69 Å². The summed E-state index contributed by atoms with van der Waals surface area (Å²) >= 11 is 0. The Morgan fingerprint density at radius 1 is 1.36 bits per heavy atom. The molecule has 0 saturated heterocycles. The zero-order valence-corrected chi connectivity index (χ0v) is 14.1. The van der Waals surface area contributed by atoms with E-state index >= 15 is 0 Å². The fraction of sp³-hybridized carbons (Fsp3) is 0.267. The molecule has 1 aliphatic heterocycles. The van der Waals surface area contributed by atoms with Crippen LogP contribution in [0.3, 0.4) is 0 Å². The number of ether oxygens (including phenoxy) is 1. The van der Waals surface area contributed by atoms with Gasteiger partial charge >= 0.3 is 0 Å². The molecule has 2 heterocycles. The van der Waals surface area contributed by atoms with Crippen LogP contribution in [0.2, 0.25) is 0 Å². The highest BCUT2D eigenvalue weighted by molar-refractivity contribution is 7.90. The minimum atomic E-state index is -4.15. The van der Waals surface area contributed by atoms with Gasteiger partial charge in [-0.25, -0.2) is 13.1 Å². The molecule has 132 valence electrons. The average molecular weight is 365 g/mol. The van der Waals surface area contributed by atoms with Crippen LogP contribution >= 0.6 is 0 Å². The summed E-state index contributed by atoms with van der Waals surface area (Å²) in [6.07, 6.45) is 1.40. The topological polar surface area (TPSA) is 128 Å². The highest BCUT2D eigenvalue weighted by Crippen LogP contribution is 2.30. The number of amides is 2. The molecule has 0 spiro atoms. The molecule has 2 amide bonds. The van der Waals surface area contributed by atoms with Gasteiger partial charge in [0.05, 0.1) is 10.6 Å². The normalized spacial score (nSPS) is 13.6. The first-order chi connectivity index (χ1) is 11.9. The Balaban J connectivity index is 1.80. The molecule has 1 aromatic heterocycles. The fourth-order valence-electron chi connectivity index (χ4n) is 2.25. The van der Waals surface area contributed by atoms with Crippen molar-refractivity contribution in [3.63, 3.8) is 0 Å². The van der Waals surface area contributed by atoms with Crippen LogP contribution in [0.1, 0.15) is 29.6 Å². The van der Waals surface area contributed by atoms with Crippen molar-refractivity contribution in [2.24, 2.45) is 0 Å². The number of carbonyl (C=O) groups is 2. The second kappa shape index (κ2) is 6.55. The minimum absolute atomic E-state index is 0.123. The van der Waals surface area contributed by atoms with E-state index in [2.05, 4.69) is 10.5 Å². The van der Waals surface area contributed by atoms with Gasteiger partial charge in [0.15, 0.2) is 12.3 Å². The third kappa shape index (κ3) is 3.63. The van der Waals surface area contributed by atoms with E-state index in [9.17, 15) is 18.0 Å². The van der Waals surface area contributed by atoms with E-state index in [-0.39, 0.29) is 22.9 Å². The Kier molecular flexibility index (Phi) is 4.45. The third-order valence-corrected chi connectivity index (χ3v) is 4.74. The van der Waals surface area contributed by atoms with Crippen molar-refractivity contribution in [3.8, 4) is 5.75 Å². The number of carbonyl (C=O) groups excluding carboxylic acids is 2. The van der Waals surface area contributed by atoms with E-state index in [1.54, 1.807) is 0 Å². The van der Waals surface area contributed by atoms with Gasteiger partial charge in [-0.15, -0.1) is 0 Å². The Hall–Kier alpha value is -2.88. The van der Waals surface area contributed by atoms with E-state index in [0.717, 1.165) is 6.42 Å². The van der Waals surface area contributed by atoms with Crippen LogP contribution < -0.4 is 14.8 Å². The lowest BCUT2D eigenvalue weighted by atomic mass is 10.2. The number of fused-ring (bicyclic) bond motifs is 1. The van der Waals surface area contributed by atoms with Gasteiger partial charge in [-0.1, -0.05) is 12.1 Å². The molecule has 25 heavy (non-hydrogen) atoms. The van der Waals surface area contributed by atoms with Gasteiger partial charge in [0, 0.05) is 12.5 Å². The number of benzene rings is 1. The van der Waals surface area contributed by atoms with E-state index in [4.69, 9.17) is 9.26 Å². The molecule has 0 fully saturated rings. The van der Waals surface area contributed by atoms with Crippen LogP contribution in [0.15, 0.2) is 33.7 Å². The van der Waals surface area contributed by atoms with E-state index in [1.807, 2.05) is 11.6 Å². The van der Waals surface area contributed by atoms with E-state index in [0.29, 0.717) is 17.9 Å². The van der Waals surface area contributed by atoms with Crippen molar-refractivity contribution < 1.29 is 27.3 Å². The van der Waals surface area contributed by atoms with Crippen molar-refractivity contribution in [3.05, 3.63) is 35.7 Å². The molecule has 0 saturated carbocycles. The van der Waals surface area contributed by atoms with Crippen molar-refractivity contribution in [2.75, 3.05) is 11.9 Å². The standard InChI is InChI=1S/C15H15N3O6S/c1-2-3-9-6-12(17-24-9)15(20)18-25(21,22)10-4-5-13-11(7-10)16-14(19)8-23-13/h4-7H,2-3,8H2,1H3,(H,16,19)(H,18,20). The predicted molar refractivity (Wildman–Crippen MR) is 85.7 cm³/mol. The van der Waals surface area contributed by atoms with Crippen molar-refractivity contribution in [1.29, 1.82) is 0 Å². The van der Waals surface area contributed by atoms with E-state index < -0.39 is 21.8 Å². The molecule has 0 radical (unpaired) electrons. The molecule has 0 aliphatic carbocycles. The summed E-state index contributed by atoms with van der Waals surface area (Å²) in [4.78, 5) is 23.2. The number of aryl methyl sites for hydroxylation is 1. The lowest BCUT2D eigenvalue weighted by Crippen LogP contribution is -2.31. The molecule has 0 atom stereocenters. The van der Waals surface area contributed by atoms with Crippen molar-refractivity contribution in [1.82, 2.24) is 9.88 Å². The monoisotopic (exact) mass is 365 g/mol. The Morgan fingerprint density at radius 2 is 2.16 bits per heavy atom. The Labute approximate surface area is 143 Å². The molecule has 1 aliphatic rings. The molecule has 1 aromatic carbocycles. The summed E-state index contributed by atoms with van der Waals surface area (Å²) < 4.78 is 36.8. The molecule has 2 N–H and O–H groups in total. The van der Waals surface area contributed by atoms with E-state index in [1.165, 1.54) is 24.3 Å². The molecule has 3 rings (SSSR count). The number of aromatic nitrogens is 1. The maximum Gasteiger partial charge on any atom is 0.287 e. The molecule has 0 bridgehead atoms. The number of rotatable bonds is 5. The summed E-state index contributed by atoms with van der Waals surface area (Å²) in [6, 6.07) is 5.29. The number of hydrogen-bond donors (Lipinski definition) is 2. The lowest BCUT2D eigenvalue weighted by Gasteiger charge is -2.18. The van der Waals surface area contributed by atoms with Gasteiger partial charge in [-0.3, -0.25) is 9.59 Å². The fourth-order valence-corrected chi connectivity index (χ4v) is 3.23.